The van der Waals surface area contributed by atoms with Gasteiger partial charge >= 0.3 is 0 Å². The quantitative estimate of drug-likeness (QED) is 0.500. The lowest BCUT2D eigenvalue weighted by atomic mass is 10.1. The molecule has 4 heterocycles. The van der Waals surface area contributed by atoms with Crippen molar-refractivity contribution in [3.63, 3.8) is 0 Å². The van der Waals surface area contributed by atoms with E-state index >= 15 is 0 Å². The third-order valence-corrected chi connectivity index (χ3v) is 7.09. The van der Waals surface area contributed by atoms with Crippen molar-refractivity contribution >= 4 is 23.5 Å². The SMILES string of the molecule is Cc1c(/C=C/CN2CCN(c3cc(F)cc(F)c3)CC2)cnn1-c1cc(N2CC[C@@H](CO)C2)nc(N)n1. The van der Waals surface area contributed by atoms with Crippen molar-refractivity contribution in [3.8, 4) is 5.82 Å². The smallest absolute Gasteiger partial charge is 0.224 e. The van der Waals surface area contributed by atoms with Gasteiger partial charge in [-0.15, -0.1) is 0 Å². The van der Waals surface area contributed by atoms with E-state index in [0.717, 1.165) is 62.3 Å². The van der Waals surface area contributed by atoms with Gasteiger partial charge in [0.2, 0.25) is 5.95 Å². The first-order chi connectivity index (χ1) is 17.9. The second kappa shape index (κ2) is 10.8. The normalized spacial score (nSPS) is 18.9. The van der Waals surface area contributed by atoms with Crippen LogP contribution in [0.3, 0.4) is 0 Å². The summed E-state index contributed by atoms with van der Waals surface area (Å²) in [5.41, 5.74) is 8.52. The van der Waals surface area contributed by atoms with Crippen molar-refractivity contribution in [2.75, 3.05) is 68.0 Å². The molecular formula is C26H32F2N8O. The lowest BCUT2D eigenvalue weighted by molar-refractivity contribution is 0.238. The lowest BCUT2D eigenvalue weighted by Gasteiger charge is -2.35. The van der Waals surface area contributed by atoms with Crippen molar-refractivity contribution in [3.05, 3.63) is 59.4 Å². The summed E-state index contributed by atoms with van der Waals surface area (Å²) in [4.78, 5) is 15.2. The van der Waals surface area contributed by atoms with Gasteiger partial charge in [-0.2, -0.15) is 15.1 Å². The van der Waals surface area contributed by atoms with Crippen LogP contribution in [-0.4, -0.2) is 82.2 Å². The zero-order chi connectivity index (χ0) is 25.9. The summed E-state index contributed by atoms with van der Waals surface area (Å²) in [6, 6.07) is 5.54. The van der Waals surface area contributed by atoms with Gasteiger partial charge in [0, 0.05) is 81.7 Å². The van der Waals surface area contributed by atoms with Crippen LogP contribution in [0.1, 0.15) is 17.7 Å². The maximum atomic E-state index is 13.6. The summed E-state index contributed by atoms with van der Waals surface area (Å²) in [6.07, 6.45) is 6.87. The second-order valence-electron chi connectivity index (χ2n) is 9.64. The van der Waals surface area contributed by atoms with Gasteiger partial charge in [0.15, 0.2) is 5.82 Å². The van der Waals surface area contributed by atoms with Crippen molar-refractivity contribution in [2.45, 2.75) is 13.3 Å². The molecule has 2 aromatic heterocycles. The number of aliphatic hydroxyl groups excluding tert-OH is 1. The Labute approximate surface area is 214 Å². The van der Waals surface area contributed by atoms with Crippen LogP contribution in [0, 0.1) is 24.5 Å². The van der Waals surface area contributed by atoms with Crippen LogP contribution in [0.4, 0.5) is 26.2 Å². The highest BCUT2D eigenvalue weighted by atomic mass is 19.1. The van der Waals surface area contributed by atoms with Gasteiger partial charge in [0.25, 0.3) is 0 Å². The predicted octanol–water partition coefficient (Wildman–Crippen LogP) is 2.49. The first kappa shape index (κ1) is 25.1. The minimum absolute atomic E-state index is 0.167. The van der Waals surface area contributed by atoms with Gasteiger partial charge in [-0.05, 0) is 25.5 Å². The van der Waals surface area contributed by atoms with E-state index in [1.807, 2.05) is 24.0 Å². The van der Waals surface area contributed by atoms with Crippen molar-refractivity contribution < 1.29 is 13.9 Å². The van der Waals surface area contributed by atoms with Crippen LogP contribution >= 0.6 is 0 Å². The van der Waals surface area contributed by atoms with Gasteiger partial charge in [-0.25, -0.2) is 13.5 Å². The summed E-state index contributed by atoms with van der Waals surface area (Å²) < 4.78 is 28.9. The van der Waals surface area contributed by atoms with Crippen LogP contribution in [0.5, 0.6) is 0 Å². The summed E-state index contributed by atoms with van der Waals surface area (Å²) in [6.45, 7) is 7.50. The average molecular weight is 511 g/mol. The van der Waals surface area contributed by atoms with Gasteiger partial charge in [0.1, 0.15) is 17.5 Å². The minimum atomic E-state index is -0.552. The van der Waals surface area contributed by atoms with E-state index in [0.29, 0.717) is 24.6 Å². The van der Waals surface area contributed by atoms with Crippen LogP contribution in [0.2, 0.25) is 0 Å². The van der Waals surface area contributed by atoms with Crippen molar-refractivity contribution in [1.82, 2.24) is 24.6 Å². The van der Waals surface area contributed by atoms with E-state index < -0.39 is 11.6 Å². The molecular weight excluding hydrogens is 478 g/mol. The second-order valence-corrected chi connectivity index (χ2v) is 9.64. The summed E-state index contributed by atoms with van der Waals surface area (Å²) >= 11 is 0. The number of nitrogen functional groups attached to an aromatic ring is 1. The zero-order valence-corrected chi connectivity index (χ0v) is 20.9. The fourth-order valence-electron chi connectivity index (χ4n) is 4.96. The van der Waals surface area contributed by atoms with E-state index in [4.69, 9.17) is 5.73 Å². The fraction of sp³-hybridized carbons (Fsp3) is 0.423. The van der Waals surface area contributed by atoms with E-state index in [9.17, 15) is 13.9 Å². The number of nitrogens with zero attached hydrogens (tertiary/aromatic N) is 7. The van der Waals surface area contributed by atoms with Gasteiger partial charge in [-0.1, -0.05) is 12.2 Å². The van der Waals surface area contributed by atoms with Crippen LogP contribution < -0.4 is 15.5 Å². The van der Waals surface area contributed by atoms with Crippen LogP contribution in [-0.2, 0) is 0 Å². The fourth-order valence-corrected chi connectivity index (χ4v) is 4.96. The molecule has 196 valence electrons. The number of hydrogen-bond acceptors (Lipinski definition) is 8. The topological polar surface area (TPSA) is 99.6 Å². The summed E-state index contributed by atoms with van der Waals surface area (Å²) in [5.74, 6) is 0.678. The Morgan fingerprint density at radius 2 is 1.73 bits per heavy atom. The molecule has 2 fully saturated rings. The van der Waals surface area contributed by atoms with E-state index in [-0.39, 0.29) is 18.5 Å². The molecule has 2 saturated heterocycles. The van der Waals surface area contributed by atoms with E-state index in [2.05, 4.69) is 30.9 Å². The Bertz CT molecular complexity index is 1250. The third kappa shape index (κ3) is 5.72. The molecule has 0 unspecified atom stereocenters. The summed E-state index contributed by atoms with van der Waals surface area (Å²) in [5, 5.41) is 14.0. The molecule has 11 heteroatoms. The zero-order valence-electron chi connectivity index (χ0n) is 20.9. The summed E-state index contributed by atoms with van der Waals surface area (Å²) in [7, 11) is 0. The molecule has 0 aliphatic carbocycles. The number of rotatable bonds is 7. The molecule has 2 aliphatic rings. The van der Waals surface area contributed by atoms with Gasteiger partial charge < -0.3 is 20.6 Å². The number of hydrogen-bond donors (Lipinski definition) is 2. The molecule has 0 amide bonds. The molecule has 0 bridgehead atoms. The van der Waals surface area contributed by atoms with Crippen molar-refractivity contribution in [1.29, 1.82) is 0 Å². The number of benzene rings is 1. The first-order valence-corrected chi connectivity index (χ1v) is 12.5. The predicted molar refractivity (Wildman–Crippen MR) is 140 cm³/mol. The third-order valence-electron chi connectivity index (χ3n) is 7.09. The first-order valence-electron chi connectivity index (χ1n) is 12.5. The van der Waals surface area contributed by atoms with Gasteiger partial charge in [-0.3, -0.25) is 4.90 Å². The Hall–Kier alpha value is -3.57. The molecule has 5 rings (SSSR count). The highest BCUT2D eigenvalue weighted by molar-refractivity contribution is 5.54. The Balaban J connectivity index is 1.20. The van der Waals surface area contributed by atoms with E-state index in [1.165, 1.54) is 12.1 Å². The lowest BCUT2D eigenvalue weighted by Crippen LogP contribution is -2.46. The molecule has 0 spiro atoms. The number of piperazine rings is 1. The van der Waals surface area contributed by atoms with E-state index in [1.54, 1.807) is 10.9 Å². The highest BCUT2D eigenvalue weighted by Crippen LogP contribution is 2.25. The molecule has 9 nitrogen and oxygen atoms in total. The molecule has 0 saturated carbocycles. The maximum absolute atomic E-state index is 13.6. The standard InChI is InChI=1S/C26H32F2N8O/c1-18-20(3-2-5-33-7-9-34(10-8-33)23-12-21(27)11-22(28)13-23)15-30-36(18)25-14-24(31-26(29)32-25)35-6-4-19(16-35)17-37/h2-3,11-15,19,37H,4-10,16-17H2,1H3,(H2,29,31,32)/b3-2+/t19-/m1/s1. The Morgan fingerprint density at radius 3 is 2.43 bits per heavy atom. The minimum Gasteiger partial charge on any atom is -0.396 e. The number of anilines is 3. The highest BCUT2D eigenvalue weighted by Gasteiger charge is 2.24. The number of aliphatic hydroxyl groups is 1. The molecule has 3 aromatic rings. The van der Waals surface area contributed by atoms with Gasteiger partial charge in [0.05, 0.1) is 11.9 Å². The molecule has 1 atom stereocenters. The molecule has 37 heavy (non-hydrogen) atoms. The Morgan fingerprint density at radius 1 is 1.00 bits per heavy atom. The average Bonchev–Trinajstić information content (AvgIpc) is 3.50. The van der Waals surface area contributed by atoms with Crippen LogP contribution in [0.25, 0.3) is 11.9 Å². The van der Waals surface area contributed by atoms with Crippen LogP contribution in [0.15, 0.2) is 36.5 Å². The number of aromatic nitrogens is 4. The molecule has 0 radical (unpaired) electrons. The maximum Gasteiger partial charge on any atom is 0.224 e. The molecule has 1 aromatic carbocycles. The molecule has 2 aliphatic heterocycles. The number of nitrogens with two attached hydrogens (primary N) is 1. The number of halogens is 2. The van der Waals surface area contributed by atoms with Crippen molar-refractivity contribution in [2.24, 2.45) is 5.92 Å². The monoisotopic (exact) mass is 510 g/mol. The Kier molecular flexibility index (Phi) is 7.33. The molecule has 3 N–H and O–H groups in total. The largest absolute Gasteiger partial charge is 0.396 e.